The molecular weight excluding hydrogens is 656 g/mol. The minimum atomic E-state index is -2.81. The summed E-state index contributed by atoms with van der Waals surface area (Å²) >= 11 is 0. The number of rotatable bonds is 13. The highest BCUT2D eigenvalue weighted by atomic mass is 16.8. The molecule has 4 N–H and O–H groups in total. The summed E-state index contributed by atoms with van der Waals surface area (Å²) in [7, 11) is 0. The summed E-state index contributed by atoms with van der Waals surface area (Å²) in [5.41, 5.74) is 4.21. The fourth-order valence-corrected chi connectivity index (χ4v) is 5.24. The lowest BCUT2D eigenvalue weighted by Gasteiger charge is -2.51. The van der Waals surface area contributed by atoms with E-state index in [-0.39, 0.29) is 6.61 Å². The number of nitrogens with two attached hydrogens (primary N) is 1. The molecule has 0 radical (unpaired) electrons. The lowest BCUT2D eigenvalue weighted by molar-refractivity contribution is -0.374. The van der Waals surface area contributed by atoms with Gasteiger partial charge in [0, 0.05) is 41.5 Å². The van der Waals surface area contributed by atoms with E-state index >= 15 is 0 Å². The first-order chi connectivity index (χ1) is 23.0. The third-order valence-electron chi connectivity index (χ3n) is 7.15. The number of esters is 5. The largest absolute Gasteiger partial charge is 0.463 e. The lowest BCUT2D eigenvalue weighted by Crippen LogP contribution is -2.75. The van der Waals surface area contributed by atoms with Crippen molar-refractivity contribution in [3.63, 3.8) is 0 Å². The van der Waals surface area contributed by atoms with Crippen LogP contribution < -0.4 is 11.1 Å². The van der Waals surface area contributed by atoms with Gasteiger partial charge < -0.3 is 53.1 Å². The first-order valence-electron chi connectivity index (χ1n) is 15.2. The van der Waals surface area contributed by atoms with E-state index in [2.05, 4.69) is 5.32 Å². The Hall–Kier alpha value is -4.20. The molecule has 0 bridgehead atoms. The number of aliphatic hydroxyl groups is 1. The Kier molecular flexibility index (Phi) is 14.0. The molecule has 3 rings (SSSR count). The van der Waals surface area contributed by atoms with E-state index < -0.39 is 110 Å². The maximum absolute atomic E-state index is 12.5. The van der Waals surface area contributed by atoms with Crippen molar-refractivity contribution in [1.29, 1.82) is 0 Å². The van der Waals surface area contributed by atoms with E-state index in [1.54, 1.807) is 30.3 Å². The highest BCUT2D eigenvalue weighted by Gasteiger charge is 2.61. The number of benzene rings is 1. The summed E-state index contributed by atoms with van der Waals surface area (Å²) in [5.74, 6) is -4.73. The van der Waals surface area contributed by atoms with Gasteiger partial charge in [0.1, 0.15) is 37.6 Å². The molecule has 0 unspecified atom stereocenters. The van der Waals surface area contributed by atoms with Crippen LogP contribution in [0.2, 0.25) is 0 Å². The van der Waals surface area contributed by atoms with Crippen LogP contribution in [0.1, 0.15) is 47.1 Å². The van der Waals surface area contributed by atoms with Crippen molar-refractivity contribution < 1.29 is 76.5 Å². The fraction of sp³-hybridized carbons (Fsp3) is 0.613. The van der Waals surface area contributed by atoms with Gasteiger partial charge in [0.05, 0.1) is 6.61 Å². The Morgan fingerprint density at radius 2 is 1.29 bits per heavy atom. The summed E-state index contributed by atoms with van der Waals surface area (Å²) in [4.78, 5) is 72.6. The first kappa shape index (κ1) is 39.2. The monoisotopic (exact) mass is 698 g/mol. The van der Waals surface area contributed by atoms with E-state index in [0.29, 0.717) is 0 Å². The summed E-state index contributed by atoms with van der Waals surface area (Å²) < 4.78 is 50.7. The Balaban J connectivity index is 2.09. The smallest absolute Gasteiger partial charge is 0.303 e. The Labute approximate surface area is 281 Å². The summed E-state index contributed by atoms with van der Waals surface area (Å²) in [6, 6.07) is 7.65. The van der Waals surface area contributed by atoms with Crippen LogP contribution in [0.25, 0.3) is 0 Å². The predicted molar refractivity (Wildman–Crippen MR) is 160 cm³/mol. The molecule has 18 nitrogen and oxygen atoms in total. The maximum atomic E-state index is 12.5. The molecule has 2 saturated heterocycles. The second-order valence-corrected chi connectivity index (χ2v) is 11.3. The summed E-state index contributed by atoms with van der Waals surface area (Å²) in [6.07, 6.45) is -12.7. The van der Waals surface area contributed by atoms with E-state index in [1.165, 1.54) is 6.92 Å². The molecule has 2 heterocycles. The molecule has 2 aliphatic rings. The van der Waals surface area contributed by atoms with Gasteiger partial charge in [-0.1, -0.05) is 30.3 Å². The van der Waals surface area contributed by atoms with Gasteiger partial charge >= 0.3 is 29.8 Å². The summed E-state index contributed by atoms with van der Waals surface area (Å²) in [5, 5.41) is 14.3. The lowest BCUT2D eigenvalue weighted by atomic mass is 9.92. The number of hydrogen-bond donors (Lipinski definition) is 3. The van der Waals surface area contributed by atoms with Crippen molar-refractivity contribution in [3.8, 4) is 0 Å². The van der Waals surface area contributed by atoms with Crippen LogP contribution in [0.5, 0.6) is 0 Å². The van der Waals surface area contributed by atoms with Gasteiger partial charge in [0.25, 0.3) is 0 Å². The van der Waals surface area contributed by atoms with Crippen molar-refractivity contribution in [2.45, 2.75) is 109 Å². The standard InChI is InChI=1S/C31H42N2O16/c1-15(34)33-24-27(45-19(5)38)25(22(13-41-16(2)35)47-29(24)43-12-21-10-8-7-9-11-21)49-30-31(32,40)28(46-20(6)39)26(44-18(4)37)23(48-30)14-42-17(3)36/h7-11,22-30,40H,12-14,32H2,1-6H3,(H,33,34)/t22-,23-,24-,25-,26-,27-,28+,29+,30+,31-/m1/s1. The van der Waals surface area contributed by atoms with E-state index in [9.17, 15) is 33.9 Å². The van der Waals surface area contributed by atoms with Crippen molar-refractivity contribution in [2.24, 2.45) is 5.73 Å². The minimum Gasteiger partial charge on any atom is -0.463 e. The zero-order chi connectivity index (χ0) is 36.5. The predicted octanol–water partition coefficient (Wildman–Crippen LogP) is -0.888. The van der Waals surface area contributed by atoms with Gasteiger partial charge in [0.15, 0.2) is 24.6 Å². The van der Waals surface area contributed by atoms with Gasteiger partial charge in [-0.3, -0.25) is 34.5 Å². The molecule has 0 spiro atoms. The molecule has 49 heavy (non-hydrogen) atoms. The average Bonchev–Trinajstić information content (AvgIpc) is 2.99. The third-order valence-corrected chi connectivity index (χ3v) is 7.15. The van der Waals surface area contributed by atoms with Crippen molar-refractivity contribution in [1.82, 2.24) is 5.32 Å². The zero-order valence-electron chi connectivity index (χ0n) is 27.9. The number of nitrogens with one attached hydrogen (secondary N) is 1. The fourth-order valence-electron chi connectivity index (χ4n) is 5.24. The Bertz CT molecular complexity index is 1340. The van der Waals surface area contributed by atoms with Crippen LogP contribution in [0.4, 0.5) is 0 Å². The molecule has 18 heteroatoms. The highest BCUT2D eigenvalue weighted by molar-refractivity contribution is 5.73. The van der Waals surface area contributed by atoms with Crippen molar-refractivity contribution in [2.75, 3.05) is 13.2 Å². The van der Waals surface area contributed by atoms with Crippen LogP contribution >= 0.6 is 0 Å². The van der Waals surface area contributed by atoms with Crippen molar-refractivity contribution >= 4 is 35.8 Å². The summed E-state index contributed by atoms with van der Waals surface area (Å²) in [6.45, 7) is 5.42. The van der Waals surface area contributed by atoms with Crippen LogP contribution in [-0.2, 0) is 78.0 Å². The Morgan fingerprint density at radius 3 is 1.80 bits per heavy atom. The number of carbonyl (C=O) groups excluding carboxylic acids is 6. The first-order valence-corrected chi connectivity index (χ1v) is 15.2. The van der Waals surface area contributed by atoms with Crippen LogP contribution in [0.3, 0.4) is 0 Å². The normalized spacial score (nSPS) is 31.1. The third kappa shape index (κ3) is 11.2. The molecule has 272 valence electrons. The second kappa shape index (κ2) is 17.5. The molecule has 1 aromatic carbocycles. The van der Waals surface area contributed by atoms with E-state index in [4.69, 9.17) is 48.4 Å². The van der Waals surface area contributed by atoms with Crippen LogP contribution in [0.15, 0.2) is 30.3 Å². The maximum Gasteiger partial charge on any atom is 0.303 e. The zero-order valence-corrected chi connectivity index (χ0v) is 27.9. The molecule has 1 amide bonds. The average molecular weight is 699 g/mol. The molecule has 0 aliphatic carbocycles. The number of ether oxygens (including phenoxy) is 9. The number of amides is 1. The van der Waals surface area contributed by atoms with Gasteiger partial charge in [-0.25, -0.2) is 0 Å². The van der Waals surface area contributed by atoms with Gasteiger partial charge in [0.2, 0.25) is 17.9 Å². The quantitative estimate of drug-likeness (QED) is 0.128. The number of carbonyl (C=O) groups is 6. The van der Waals surface area contributed by atoms with Gasteiger partial charge in [-0.05, 0) is 5.56 Å². The van der Waals surface area contributed by atoms with E-state index in [1.807, 2.05) is 0 Å². The van der Waals surface area contributed by atoms with E-state index in [0.717, 1.165) is 40.2 Å². The molecule has 2 aliphatic heterocycles. The second-order valence-electron chi connectivity index (χ2n) is 11.3. The molecule has 10 atom stereocenters. The number of hydrogen-bond acceptors (Lipinski definition) is 17. The van der Waals surface area contributed by atoms with Gasteiger partial charge in [-0.2, -0.15) is 0 Å². The van der Waals surface area contributed by atoms with Crippen molar-refractivity contribution in [3.05, 3.63) is 35.9 Å². The Morgan fingerprint density at radius 1 is 0.755 bits per heavy atom. The SMILES string of the molecule is CC(=O)N[C@H]1[C@@H](OCc2ccccc2)O[C@H](COC(C)=O)[C@@H](O[C@@H]2O[C@H](COC(C)=O)[C@@H](OC(C)=O)[C@H](OC(C)=O)[C@@]2(N)O)[C@@H]1OC(C)=O. The molecule has 2 fully saturated rings. The van der Waals surface area contributed by atoms with Crippen LogP contribution in [0, 0.1) is 0 Å². The minimum absolute atomic E-state index is 0.0199. The highest BCUT2D eigenvalue weighted by Crippen LogP contribution is 2.36. The molecular formula is C31H42N2O16. The topological polar surface area (TPSA) is 244 Å². The molecule has 0 aromatic heterocycles. The van der Waals surface area contributed by atoms with Gasteiger partial charge in [-0.15, -0.1) is 0 Å². The molecule has 0 saturated carbocycles. The van der Waals surface area contributed by atoms with Crippen LogP contribution in [-0.4, -0.2) is 115 Å². The molecule has 1 aromatic rings.